The Morgan fingerprint density at radius 2 is 2.09 bits per heavy atom. The fourth-order valence-electron chi connectivity index (χ4n) is 4.95. The van der Waals surface area contributed by atoms with Crippen molar-refractivity contribution < 1.29 is 13.9 Å². The van der Waals surface area contributed by atoms with E-state index in [-0.39, 0.29) is 5.91 Å². The Balaban J connectivity index is 1.29. The van der Waals surface area contributed by atoms with Gasteiger partial charge in [0, 0.05) is 28.8 Å². The van der Waals surface area contributed by atoms with Crippen LogP contribution in [0.15, 0.2) is 71.7 Å². The SMILES string of the molecule is Cc1ccc(OC[C@@H]2CCN2C)cc1C(=O)NC1(c2cc(-c3ccoc3)cc3ncccc23)CC1. The number of carbonyl (C=O) groups is 1. The van der Waals surface area contributed by atoms with E-state index in [1.165, 1.54) is 0 Å². The summed E-state index contributed by atoms with van der Waals surface area (Å²) in [5.41, 5.74) is 5.23. The summed E-state index contributed by atoms with van der Waals surface area (Å²) in [4.78, 5) is 20.4. The summed E-state index contributed by atoms with van der Waals surface area (Å²) >= 11 is 0. The Morgan fingerprint density at radius 3 is 2.80 bits per heavy atom. The van der Waals surface area contributed by atoms with Crippen molar-refractivity contribution in [1.82, 2.24) is 15.2 Å². The molecule has 2 aromatic heterocycles. The summed E-state index contributed by atoms with van der Waals surface area (Å²) in [5.74, 6) is 0.666. The summed E-state index contributed by atoms with van der Waals surface area (Å²) in [5, 5.41) is 4.44. The number of aromatic nitrogens is 1. The van der Waals surface area contributed by atoms with Gasteiger partial charge in [-0.15, -0.1) is 0 Å². The molecule has 2 aliphatic rings. The fraction of sp³-hybridized carbons (Fsp3) is 0.310. The van der Waals surface area contributed by atoms with Gasteiger partial charge < -0.3 is 14.5 Å². The third-order valence-corrected chi connectivity index (χ3v) is 7.53. The highest BCUT2D eigenvalue weighted by atomic mass is 16.5. The Hall–Kier alpha value is -3.64. The second-order valence-electron chi connectivity index (χ2n) is 9.85. The van der Waals surface area contributed by atoms with Crippen molar-refractivity contribution in [3.8, 4) is 16.9 Å². The van der Waals surface area contributed by atoms with Crippen LogP contribution in [0, 0.1) is 6.92 Å². The van der Waals surface area contributed by atoms with Crippen LogP contribution in [-0.4, -0.2) is 42.0 Å². The number of likely N-dealkylation sites (N-methyl/N-ethyl adjacent to an activating group) is 1. The molecular weight excluding hydrogens is 438 g/mol. The predicted molar refractivity (Wildman–Crippen MR) is 136 cm³/mol. The molecule has 6 nitrogen and oxygen atoms in total. The van der Waals surface area contributed by atoms with Crippen LogP contribution in [-0.2, 0) is 5.54 Å². The van der Waals surface area contributed by atoms with Crippen molar-refractivity contribution >= 4 is 16.8 Å². The van der Waals surface area contributed by atoms with Crippen LogP contribution in [0.1, 0.15) is 40.7 Å². The normalized spacial score (nSPS) is 18.7. The topological polar surface area (TPSA) is 67.6 Å². The summed E-state index contributed by atoms with van der Waals surface area (Å²) in [6.45, 7) is 3.73. The second-order valence-corrected chi connectivity index (χ2v) is 9.85. The van der Waals surface area contributed by atoms with Gasteiger partial charge in [-0.1, -0.05) is 12.1 Å². The molecule has 6 rings (SSSR count). The van der Waals surface area contributed by atoms with Crippen LogP contribution in [0.3, 0.4) is 0 Å². The number of nitrogens with zero attached hydrogens (tertiary/aromatic N) is 2. The molecular formula is C29H29N3O3. The number of fused-ring (bicyclic) bond motifs is 1. The van der Waals surface area contributed by atoms with E-state index in [0.717, 1.165) is 64.7 Å². The smallest absolute Gasteiger partial charge is 0.252 e. The number of aryl methyl sites for hydroxylation is 1. The highest BCUT2D eigenvalue weighted by Crippen LogP contribution is 2.49. The maximum Gasteiger partial charge on any atom is 0.252 e. The average Bonchev–Trinajstić information content (AvgIpc) is 3.42. The van der Waals surface area contributed by atoms with E-state index in [9.17, 15) is 4.79 Å². The summed E-state index contributed by atoms with van der Waals surface area (Å²) in [6.07, 6.45) is 8.15. The zero-order chi connectivity index (χ0) is 24.0. The van der Waals surface area contributed by atoms with Gasteiger partial charge in [0.1, 0.15) is 12.4 Å². The number of benzene rings is 2. The molecule has 1 saturated heterocycles. The second kappa shape index (κ2) is 8.54. The van der Waals surface area contributed by atoms with Crippen molar-refractivity contribution in [2.45, 2.75) is 37.8 Å². The molecule has 0 unspecified atom stereocenters. The first-order chi connectivity index (χ1) is 17.0. The van der Waals surface area contributed by atoms with Crippen molar-refractivity contribution in [2.24, 2.45) is 0 Å². The largest absolute Gasteiger partial charge is 0.492 e. The number of rotatable bonds is 7. The third kappa shape index (κ3) is 4.08. The van der Waals surface area contributed by atoms with Gasteiger partial charge in [-0.05, 0) is 92.9 Å². The Kier molecular flexibility index (Phi) is 5.33. The molecule has 1 aliphatic carbocycles. The maximum absolute atomic E-state index is 13.5. The lowest BCUT2D eigenvalue weighted by atomic mass is 9.94. The zero-order valence-electron chi connectivity index (χ0n) is 20.1. The molecule has 6 heteroatoms. The number of pyridine rings is 1. The molecule has 1 saturated carbocycles. The molecule has 1 aliphatic heterocycles. The van der Waals surface area contributed by atoms with E-state index in [0.29, 0.717) is 18.2 Å². The van der Waals surface area contributed by atoms with Crippen molar-refractivity contribution in [2.75, 3.05) is 20.2 Å². The van der Waals surface area contributed by atoms with E-state index in [1.54, 1.807) is 18.7 Å². The van der Waals surface area contributed by atoms with E-state index < -0.39 is 5.54 Å². The Bertz CT molecular complexity index is 1390. The molecule has 1 atom stereocenters. The van der Waals surface area contributed by atoms with Crippen LogP contribution in [0.4, 0.5) is 0 Å². The van der Waals surface area contributed by atoms with Crippen LogP contribution in [0.2, 0.25) is 0 Å². The highest BCUT2D eigenvalue weighted by Gasteiger charge is 2.47. The monoisotopic (exact) mass is 467 g/mol. The van der Waals surface area contributed by atoms with Crippen molar-refractivity contribution in [1.29, 1.82) is 0 Å². The van der Waals surface area contributed by atoms with Gasteiger partial charge in [-0.2, -0.15) is 0 Å². The first kappa shape index (κ1) is 21.9. The first-order valence-electron chi connectivity index (χ1n) is 12.2. The van der Waals surface area contributed by atoms with Crippen molar-refractivity contribution in [3.05, 3.63) is 83.9 Å². The van der Waals surface area contributed by atoms with Crippen LogP contribution in [0.25, 0.3) is 22.0 Å². The molecule has 1 amide bonds. The van der Waals surface area contributed by atoms with E-state index in [2.05, 4.69) is 40.4 Å². The zero-order valence-corrected chi connectivity index (χ0v) is 20.1. The van der Waals surface area contributed by atoms with E-state index in [4.69, 9.17) is 9.15 Å². The highest BCUT2D eigenvalue weighted by molar-refractivity contribution is 5.98. The standard InChI is InChI=1S/C29H29N3O3/c1-19-5-6-23(35-18-22-7-12-32(22)2)16-25(19)28(33)31-29(9-10-29)26-14-21(20-8-13-34-17-20)15-27-24(26)4-3-11-30-27/h3-6,8,11,13-17,22H,7,9-10,12,18H2,1-2H3,(H,31,33)/t22-/m0/s1. The number of ether oxygens (including phenoxy) is 1. The predicted octanol–water partition coefficient (Wildman–Crippen LogP) is 5.31. The Labute approximate surface area is 204 Å². The number of nitrogens with one attached hydrogen (secondary N) is 1. The van der Waals surface area contributed by atoms with Crippen LogP contribution >= 0.6 is 0 Å². The molecule has 4 aromatic rings. The van der Waals surface area contributed by atoms with E-state index in [1.807, 2.05) is 37.3 Å². The quantitative estimate of drug-likeness (QED) is 0.399. The molecule has 35 heavy (non-hydrogen) atoms. The Morgan fingerprint density at radius 1 is 1.20 bits per heavy atom. The number of likely N-dealkylation sites (tertiary alicyclic amines) is 1. The molecule has 0 bridgehead atoms. The molecule has 178 valence electrons. The minimum absolute atomic E-state index is 0.0723. The maximum atomic E-state index is 13.5. The lowest BCUT2D eigenvalue weighted by Gasteiger charge is -2.37. The number of furan rings is 1. The number of hydrogen-bond donors (Lipinski definition) is 1. The minimum atomic E-state index is -0.407. The molecule has 1 N–H and O–H groups in total. The minimum Gasteiger partial charge on any atom is -0.492 e. The van der Waals surface area contributed by atoms with Crippen LogP contribution in [0.5, 0.6) is 5.75 Å². The molecule has 2 fully saturated rings. The first-order valence-corrected chi connectivity index (χ1v) is 12.2. The van der Waals surface area contributed by atoms with Gasteiger partial charge >= 0.3 is 0 Å². The average molecular weight is 468 g/mol. The lowest BCUT2D eigenvalue weighted by molar-refractivity contribution is 0.0767. The molecule has 0 spiro atoms. The lowest BCUT2D eigenvalue weighted by Crippen LogP contribution is -2.48. The fourth-order valence-corrected chi connectivity index (χ4v) is 4.95. The van der Waals surface area contributed by atoms with Crippen molar-refractivity contribution in [3.63, 3.8) is 0 Å². The van der Waals surface area contributed by atoms with E-state index >= 15 is 0 Å². The number of amides is 1. The third-order valence-electron chi connectivity index (χ3n) is 7.53. The molecule has 2 aromatic carbocycles. The van der Waals surface area contributed by atoms with Gasteiger partial charge in [-0.25, -0.2) is 0 Å². The van der Waals surface area contributed by atoms with Gasteiger partial charge in [0.25, 0.3) is 5.91 Å². The summed E-state index contributed by atoms with van der Waals surface area (Å²) in [6, 6.07) is 16.5. The number of hydrogen-bond acceptors (Lipinski definition) is 5. The van der Waals surface area contributed by atoms with Crippen LogP contribution < -0.4 is 10.1 Å². The van der Waals surface area contributed by atoms with Gasteiger partial charge in [0.2, 0.25) is 0 Å². The summed E-state index contributed by atoms with van der Waals surface area (Å²) in [7, 11) is 2.11. The number of carbonyl (C=O) groups excluding carboxylic acids is 1. The van der Waals surface area contributed by atoms with Gasteiger partial charge in [0.05, 0.1) is 23.6 Å². The summed E-state index contributed by atoms with van der Waals surface area (Å²) < 4.78 is 11.3. The van der Waals surface area contributed by atoms with Gasteiger partial charge in [0.15, 0.2) is 0 Å². The molecule has 3 heterocycles. The molecule has 0 radical (unpaired) electrons. The van der Waals surface area contributed by atoms with Gasteiger partial charge in [-0.3, -0.25) is 14.7 Å².